The highest BCUT2D eigenvalue weighted by Gasteiger charge is 2.52. The van der Waals surface area contributed by atoms with Crippen LogP contribution in [0.1, 0.15) is 49.0 Å². The Labute approximate surface area is 197 Å². The third-order valence-electron chi connectivity index (χ3n) is 7.18. The number of piperazine rings is 1. The lowest BCUT2D eigenvalue weighted by Gasteiger charge is -2.34. The van der Waals surface area contributed by atoms with Gasteiger partial charge in [-0.1, -0.05) is 37.5 Å². The third kappa shape index (κ3) is 4.25. The number of urea groups is 1. The standard InChI is InChI=1S/C24H30N6O4/c31-20(27-30-22(33)24(26-23(30)34)9-4-1-5-10-24)8-11-28-12-14-29(15-13-28)21(32)19-16-17-6-2-3-7-18(17)25-19/h2-3,6-7,16,25H,1,4-5,8-15H2,(H,26,34)(H,27,31). The maximum absolute atomic E-state index is 12.9. The van der Waals surface area contributed by atoms with E-state index in [0.29, 0.717) is 51.3 Å². The van der Waals surface area contributed by atoms with E-state index < -0.39 is 11.6 Å². The molecule has 2 aliphatic heterocycles. The van der Waals surface area contributed by atoms with Gasteiger partial charge < -0.3 is 15.2 Å². The van der Waals surface area contributed by atoms with Gasteiger partial charge in [0.15, 0.2) is 0 Å². The number of hydrogen-bond acceptors (Lipinski definition) is 5. The van der Waals surface area contributed by atoms with Crippen molar-refractivity contribution in [2.75, 3.05) is 32.7 Å². The molecule has 0 atom stereocenters. The number of aromatic nitrogens is 1. The topological polar surface area (TPSA) is 118 Å². The van der Waals surface area contributed by atoms with E-state index in [4.69, 9.17) is 0 Å². The van der Waals surface area contributed by atoms with Gasteiger partial charge in [0.25, 0.3) is 11.8 Å². The summed E-state index contributed by atoms with van der Waals surface area (Å²) in [6, 6.07) is 9.12. The second-order valence-electron chi connectivity index (χ2n) is 9.40. The maximum atomic E-state index is 12.9. The molecule has 3 fully saturated rings. The molecule has 1 aromatic heterocycles. The fourth-order valence-electron chi connectivity index (χ4n) is 5.19. The van der Waals surface area contributed by atoms with Crippen molar-refractivity contribution in [1.29, 1.82) is 0 Å². The number of imide groups is 1. The van der Waals surface area contributed by atoms with Crippen LogP contribution >= 0.6 is 0 Å². The van der Waals surface area contributed by atoms with Crippen molar-refractivity contribution in [1.82, 2.24) is 30.5 Å². The number of nitrogens with zero attached hydrogens (tertiary/aromatic N) is 3. The summed E-state index contributed by atoms with van der Waals surface area (Å²) in [6.07, 6.45) is 4.24. The number of rotatable bonds is 5. The van der Waals surface area contributed by atoms with Gasteiger partial charge >= 0.3 is 6.03 Å². The van der Waals surface area contributed by atoms with Gasteiger partial charge in [0, 0.05) is 50.0 Å². The second kappa shape index (κ2) is 9.09. The van der Waals surface area contributed by atoms with Crippen LogP contribution in [0.5, 0.6) is 0 Å². The minimum Gasteiger partial charge on any atom is -0.351 e. The number of H-pyrrole nitrogens is 1. The fourth-order valence-corrected chi connectivity index (χ4v) is 5.19. The molecule has 2 aromatic rings. The van der Waals surface area contributed by atoms with E-state index >= 15 is 0 Å². The zero-order chi connectivity index (χ0) is 23.7. The Bertz CT molecular complexity index is 1080. The molecule has 5 rings (SSSR count). The summed E-state index contributed by atoms with van der Waals surface area (Å²) in [4.78, 5) is 57.5. The molecule has 10 nitrogen and oxygen atoms in total. The zero-order valence-electron chi connectivity index (χ0n) is 19.1. The molecule has 3 heterocycles. The van der Waals surface area contributed by atoms with Gasteiger partial charge in [0.2, 0.25) is 5.91 Å². The third-order valence-corrected chi connectivity index (χ3v) is 7.18. The monoisotopic (exact) mass is 466 g/mol. The Morgan fingerprint density at radius 3 is 2.47 bits per heavy atom. The molecule has 5 amide bonds. The zero-order valence-corrected chi connectivity index (χ0v) is 19.1. The van der Waals surface area contributed by atoms with Gasteiger partial charge in [-0.25, -0.2) is 4.79 Å². The summed E-state index contributed by atoms with van der Waals surface area (Å²) in [5.41, 5.74) is 3.16. The minimum atomic E-state index is -0.851. The average molecular weight is 467 g/mol. The van der Waals surface area contributed by atoms with Crippen LogP contribution < -0.4 is 10.7 Å². The highest BCUT2D eigenvalue weighted by Crippen LogP contribution is 2.33. The van der Waals surface area contributed by atoms with Crippen molar-refractivity contribution in [3.8, 4) is 0 Å². The number of hydrogen-bond donors (Lipinski definition) is 3. The first-order valence-electron chi connectivity index (χ1n) is 12.0. The number of carbonyl (C=O) groups is 4. The molecule has 10 heteroatoms. The maximum Gasteiger partial charge on any atom is 0.344 e. The largest absolute Gasteiger partial charge is 0.351 e. The van der Waals surface area contributed by atoms with Crippen molar-refractivity contribution in [3.05, 3.63) is 36.0 Å². The number of hydrazine groups is 1. The Hall–Kier alpha value is -3.40. The molecular formula is C24H30N6O4. The molecule has 1 saturated carbocycles. The molecule has 1 spiro atoms. The van der Waals surface area contributed by atoms with Crippen molar-refractivity contribution in [2.24, 2.45) is 0 Å². The number of fused-ring (bicyclic) bond motifs is 1. The number of amides is 5. The number of carbonyl (C=O) groups excluding carboxylic acids is 4. The predicted octanol–water partition coefficient (Wildman–Crippen LogP) is 1.60. The van der Waals surface area contributed by atoms with E-state index in [1.165, 1.54) is 0 Å². The van der Waals surface area contributed by atoms with Crippen LogP contribution in [0, 0.1) is 0 Å². The first kappa shape index (κ1) is 22.4. The van der Waals surface area contributed by atoms with E-state index in [2.05, 4.69) is 20.6 Å². The molecule has 3 N–H and O–H groups in total. The van der Waals surface area contributed by atoms with E-state index in [1.807, 2.05) is 35.2 Å². The smallest absolute Gasteiger partial charge is 0.344 e. The number of para-hydroxylation sites is 1. The lowest BCUT2D eigenvalue weighted by atomic mass is 9.82. The first-order valence-corrected chi connectivity index (χ1v) is 12.0. The molecule has 2 saturated heterocycles. The van der Waals surface area contributed by atoms with Crippen molar-refractivity contribution in [2.45, 2.75) is 44.1 Å². The molecular weight excluding hydrogens is 436 g/mol. The predicted molar refractivity (Wildman–Crippen MR) is 125 cm³/mol. The summed E-state index contributed by atoms with van der Waals surface area (Å²) in [5.74, 6) is -0.744. The summed E-state index contributed by atoms with van der Waals surface area (Å²) in [7, 11) is 0. The summed E-state index contributed by atoms with van der Waals surface area (Å²) < 4.78 is 0. The van der Waals surface area contributed by atoms with Crippen molar-refractivity contribution >= 4 is 34.7 Å². The van der Waals surface area contributed by atoms with Crippen LogP contribution in [0.4, 0.5) is 4.79 Å². The van der Waals surface area contributed by atoms with Crippen LogP contribution in [0.15, 0.2) is 30.3 Å². The van der Waals surface area contributed by atoms with E-state index in [1.54, 1.807) is 0 Å². The lowest BCUT2D eigenvalue weighted by Crippen LogP contribution is -2.52. The van der Waals surface area contributed by atoms with E-state index in [-0.39, 0.29) is 24.1 Å². The molecule has 0 unspecified atom stereocenters. The van der Waals surface area contributed by atoms with Crippen LogP contribution in [0.2, 0.25) is 0 Å². The van der Waals surface area contributed by atoms with Gasteiger partial charge in [-0.2, -0.15) is 5.01 Å². The molecule has 180 valence electrons. The molecule has 3 aliphatic rings. The summed E-state index contributed by atoms with van der Waals surface area (Å²) in [5, 5.41) is 4.65. The number of benzene rings is 1. The van der Waals surface area contributed by atoms with Gasteiger partial charge in [0.1, 0.15) is 11.2 Å². The number of aromatic amines is 1. The molecule has 0 bridgehead atoms. The SMILES string of the molecule is O=C(CCN1CCN(C(=O)c2cc3ccccc3[nH]2)CC1)NN1C(=O)NC2(CCCCC2)C1=O. The quantitative estimate of drug-likeness (QED) is 0.579. The minimum absolute atomic E-state index is 0.0243. The molecule has 1 aromatic carbocycles. The van der Waals surface area contributed by atoms with Crippen LogP contribution in [-0.2, 0) is 9.59 Å². The Kier molecular flexibility index (Phi) is 5.99. The highest BCUT2D eigenvalue weighted by molar-refractivity contribution is 6.08. The molecule has 34 heavy (non-hydrogen) atoms. The highest BCUT2D eigenvalue weighted by atomic mass is 16.2. The van der Waals surface area contributed by atoms with Crippen LogP contribution in [0.3, 0.4) is 0 Å². The molecule has 1 aliphatic carbocycles. The van der Waals surface area contributed by atoms with Crippen LogP contribution in [-0.4, -0.2) is 81.8 Å². The van der Waals surface area contributed by atoms with E-state index in [0.717, 1.165) is 35.2 Å². The normalized spacial score (nSPS) is 20.7. The fraction of sp³-hybridized carbons (Fsp3) is 0.500. The summed E-state index contributed by atoms with van der Waals surface area (Å²) in [6.45, 7) is 2.96. The average Bonchev–Trinajstić information content (AvgIpc) is 3.38. The van der Waals surface area contributed by atoms with Gasteiger partial charge in [-0.15, -0.1) is 0 Å². The van der Waals surface area contributed by atoms with E-state index in [9.17, 15) is 19.2 Å². The Morgan fingerprint density at radius 1 is 1.00 bits per heavy atom. The van der Waals surface area contributed by atoms with Gasteiger partial charge in [-0.05, 0) is 25.0 Å². The van der Waals surface area contributed by atoms with Gasteiger partial charge in [0.05, 0.1) is 0 Å². The summed E-state index contributed by atoms with van der Waals surface area (Å²) >= 11 is 0. The number of nitrogens with one attached hydrogen (secondary N) is 3. The van der Waals surface area contributed by atoms with Crippen LogP contribution in [0.25, 0.3) is 10.9 Å². The Morgan fingerprint density at radius 2 is 1.74 bits per heavy atom. The molecule has 0 radical (unpaired) electrons. The van der Waals surface area contributed by atoms with Crippen molar-refractivity contribution in [3.63, 3.8) is 0 Å². The van der Waals surface area contributed by atoms with Gasteiger partial charge in [-0.3, -0.25) is 24.7 Å². The first-order chi connectivity index (χ1) is 16.4. The second-order valence-corrected chi connectivity index (χ2v) is 9.40. The van der Waals surface area contributed by atoms with Crippen molar-refractivity contribution < 1.29 is 19.2 Å². The Balaban J connectivity index is 1.08. The lowest BCUT2D eigenvalue weighted by molar-refractivity contribution is -0.140.